The van der Waals surface area contributed by atoms with Gasteiger partial charge in [0.05, 0.1) is 0 Å². The molecule has 3 nitrogen and oxygen atoms in total. The van der Waals surface area contributed by atoms with Gasteiger partial charge in [-0.1, -0.05) is 59.2 Å². The Morgan fingerprint density at radius 2 is 1.73 bits per heavy atom. The van der Waals surface area contributed by atoms with E-state index in [1.165, 1.54) is 6.07 Å². The molecule has 0 amide bonds. The lowest BCUT2D eigenvalue weighted by molar-refractivity contribution is 0.278. The van der Waals surface area contributed by atoms with Crippen LogP contribution in [0.3, 0.4) is 0 Å². The minimum atomic E-state index is -0.198. The Morgan fingerprint density at radius 3 is 2.37 bits per heavy atom. The number of hydrogen-bond donors (Lipinski definition) is 0. The number of benzene rings is 2. The standard InChI is InChI=1S/C26H34FN3/c1-7-15-26(6,17-19(4)18(2)3)24-16-21(27)13-14-23(24)25-29-28-20(5)30(25)22-11-9-8-10-12-22/h8-14,16,18-19H,7,15,17H2,1-6H3. The Morgan fingerprint density at radius 1 is 1.03 bits per heavy atom. The lowest BCUT2D eigenvalue weighted by atomic mass is 9.69. The largest absolute Gasteiger partial charge is 0.279 e. The maximum atomic E-state index is 14.5. The first-order valence-electron chi connectivity index (χ1n) is 11.0. The first-order valence-corrected chi connectivity index (χ1v) is 11.0. The fourth-order valence-corrected chi connectivity index (χ4v) is 4.48. The van der Waals surface area contributed by atoms with Gasteiger partial charge in [0.1, 0.15) is 11.6 Å². The van der Waals surface area contributed by atoms with Crippen molar-refractivity contribution in [2.24, 2.45) is 11.8 Å². The Labute approximate surface area is 180 Å². The van der Waals surface area contributed by atoms with Crippen molar-refractivity contribution >= 4 is 0 Å². The minimum absolute atomic E-state index is 0.142. The second kappa shape index (κ2) is 9.11. The summed E-state index contributed by atoms with van der Waals surface area (Å²) in [5, 5.41) is 8.90. The van der Waals surface area contributed by atoms with E-state index >= 15 is 0 Å². The van der Waals surface area contributed by atoms with Gasteiger partial charge in [0, 0.05) is 11.3 Å². The summed E-state index contributed by atoms with van der Waals surface area (Å²) in [5.74, 6) is 2.50. The van der Waals surface area contributed by atoms with E-state index in [0.29, 0.717) is 11.8 Å². The molecule has 0 saturated carbocycles. The summed E-state index contributed by atoms with van der Waals surface area (Å²) in [6.45, 7) is 13.3. The molecule has 4 heteroatoms. The van der Waals surface area contributed by atoms with Gasteiger partial charge in [0.2, 0.25) is 0 Å². The molecule has 2 aromatic carbocycles. The van der Waals surface area contributed by atoms with Crippen molar-refractivity contribution in [1.82, 2.24) is 14.8 Å². The molecule has 0 aliphatic carbocycles. The van der Waals surface area contributed by atoms with Crippen LogP contribution in [0.15, 0.2) is 48.5 Å². The first kappa shape index (κ1) is 22.2. The van der Waals surface area contributed by atoms with Crippen molar-refractivity contribution in [3.63, 3.8) is 0 Å². The van der Waals surface area contributed by atoms with Crippen LogP contribution >= 0.6 is 0 Å². The molecule has 0 radical (unpaired) electrons. The molecule has 2 unspecified atom stereocenters. The molecule has 0 aliphatic rings. The molecule has 0 saturated heterocycles. The van der Waals surface area contributed by atoms with E-state index in [9.17, 15) is 4.39 Å². The first-order chi connectivity index (χ1) is 14.3. The van der Waals surface area contributed by atoms with Crippen LogP contribution in [0.5, 0.6) is 0 Å². The zero-order valence-corrected chi connectivity index (χ0v) is 19.1. The van der Waals surface area contributed by atoms with Gasteiger partial charge in [0.15, 0.2) is 5.82 Å². The quantitative estimate of drug-likeness (QED) is 0.398. The Balaban J connectivity index is 2.20. The molecular formula is C26H34FN3. The zero-order valence-electron chi connectivity index (χ0n) is 19.1. The Bertz CT molecular complexity index is 977. The molecule has 0 fully saturated rings. The fraction of sp³-hybridized carbons (Fsp3) is 0.462. The molecule has 1 aromatic heterocycles. The van der Waals surface area contributed by atoms with Crippen LogP contribution in [0.25, 0.3) is 17.1 Å². The van der Waals surface area contributed by atoms with Gasteiger partial charge in [-0.3, -0.25) is 4.57 Å². The zero-order chi connectivity index (χ0) is 21.9. The monoisotopic (exact) mass is 407 g/mol. The van der Waals surface area contributed by atoms with E-state index < -0.39 is 0 Å². The highest BCUT2D eigenvalue weighted by Crippen LogP contribution is 2.42. The van der Waals surface area contributed by atoms with E-state index in [1.807, 2.05) is 31.2 Å². The van der Waals surface area contributed by atoms with Crippen LogP contribution in [0.4, 0.5) is 4.39 Å². The van der Waals surface area contributed by atoms with Crippen molar-refractivity contribution in [2.45, 2.75) is 66.2 Å². The molecule has 0 N–H and O–H groups in total. The SMILES string of the molecule is CCCC(C)(CC(C)C(C)C)c1cc(F)ccc1-c1nnc(C)n1-c1ccccc1. The predicted octanol–water partition coefficient (Wildman–Crippen LogP) is 7.12. The van der Waals surface area contributed by atoms with Crippen molar-refractivity contribution in [3.05, 3.63) is 65.7 Å². The number of rotatable bonds is 8. The Kier molecular flexibility index (Phi) is 6.74. The maximum Gasteiger partial charge on any atom is 0.168 e. The smallest absolute Gasteiger partial charge is 0.168 e. The summed E-state index contributed by atoms with van der Waals surface area (Å²) >= 11 is 0. The molecular weight excluding hydrogens is 373 g/mol. The second-order valence-corrected chi connectivity index (χ2v) is 9.17. The minimum Gasteiger partial charge on any atom is -0.279 e. The van der Waals surface area contributed by atoms with Crippen LogP contribution < -0.4 is 0 Å². The summed E-state index contributed by atoms with van der Waals surface area (Å²) in [4.78, 5) is 0. The summed E-state index contributed by atoms with van der Waals surface area (Å²) in [6, 6.07) is 15.3. The highest BCUT2D eigenvalue weighted by molar-refractivity contribution is 5.65. The molecule has 0 aliphatic heterocycles. The average Bonchev–Trinajstić information content (AvgIpc) is 3.10. The number of nitrogens with zero attached hydrogens (tertiary/aromatic N) is 3. The number of aryl methyl sites for hydroxylation is 1. The highest BCUT2D eigenvalue weighted by Gasteiger charge is 2.33. The lowest BCUT2D eigenvalue weighted by Gasteiger charge is -2.35. The molecule has 3 aromatic rings. The predicted molar refractivity (Wildman–Crippen MR) is 122 cm³/mol. The third-order valence-corrected chi connectivity index (χ3v) is 6.42. The Hall–Kier alpha value is -2.49. The molecule has 30 heavy (non-hydrogen) atoms. The molecule has 1 heterocycles. The van der Waals surface area contributed by atoms with Crippen LogP contribution in [0.2, 0.25) is 0 Å². The van der Waals surface area contributed by atoms with Gasteiger partial charge in [-0.15, -0.1) is 10.2 Å². The number of halogens is 1. The summed E-state index contributed by atoms with van der Waals surface area (Å²) in [7, 11) is 0. The van der Waals surface area contributed by atoms with Gasteiger partial charge in [-0.05, 0) is 72.9 Å². The second-order valence-electron chi connectivity index (χ2n) is 9.17. The van der Waals surface area contributed by atoms with Crippen LogP contribution in [-0.2, 0) is 5.41 Å². The van der Waals surface area contributed by atoms with E-state index in [4.69, 9.17) is 0 Å². The topological polar surface area (TPSA) is 30.7 Å². The third kappa shape index (κ3) is 4.48. The van der Waals surface area contributed by atoms with Gasteiger partial charge < -0.3 is 0 Å². The van der Waals surface area contributed by atoms with Gasteiger partial charge in [-0.2, -0.15) is 0 Å². The fourth-order valence-electron chi connectivity index (χ4n) is 4.48. The van der Waals surface area contributed by atoms with Crippen LogP contribution in [0, 0.1) is 24.6 Å². The maximum absolute atomic E-state index is 14.5. The summed E-state index contributed by atoms with van der Waals surface area (Å²) in [6.07, 6.45) is 3.05. The third-order valence-electron chi connectivity index (χ3n) is 6.42. The molecule has 2 atom stereocenters. The van der Waals surface area contributed by atoms with Gasteiger partial charge >= 0.3 is 0 Å². The van der Waals surface area contributed by atoms with Gasteiger partial charge in [0.25, 0.3) is 0 Å². The van der Waals surface area contributed by atoms with E-state index in [-0.39, 0.29) is 11.2 Å². The number of aromatic nitrogens is 3. The van der Waals surface area contributed by atoms with Crippen LogP contribution in [0.1, 0.15) is 65.3 Å². The normalized spacial score (nSPS) is 14.7. The molecule has 0 spiro atoms. The summed E-state index contributed by atoms with van der Waals surface area (Å²) < 4.78 is 16.6. The average molecular weight is 408 g/mol. The van der Waals surface area contributed by atoms with Gasteiger partial charge in [-0.25, -0.2) is 4.39 Å². The molecule has 0 bridgehead atoms. The van der Waals surface area contributed by atoms with Crippen molar-refractivity contribution in [2.75, 3.05) is 0 Å². The van der Waals surface area contributed by atoms with E-state index in [1.54, 1.807) is 6.07 Å². The molecule has 160 valence electrons. The highest BCUT2D eigenvalue weighted by atomic mass is 19.1. The molecule has 3 rings (SSSR count). The van der Waals surface area contributed by atoms with E-state index in [2.05, 4.69) is 61.5 Å². The van der Waals surface area contributed by atoms with E-state index in [0.717, 1.165) is 47.7 Å². The van der Waals surface area contributed by atoms with Crippen molar-refractivity contribution in [3.8, 4) is 17.1 Å². The summed E-state index contributed by atoms with van der Waals surface area (Å²) in [5.41, 5.74) is 2.87. The van der Waals surface area contributed by atoms with Crippen molar-refractivity contribution in [1.29, 1.82) is 0 Å². The van der Waals surface area contributed by atoms with Crippen molar-refractivity contribution < 1.29 is 4.39 Å². The number of para-hydroxylation sites is 1. The lowest BCUT2D eigenvalue weighted by Crippen LogP contribution is -2.27. The van der Waals surface area contributed by atoms with Crippen LogP contribution in [-0.4, -0.2) is 14.8 Å². The number of hydrogen-bond acceptors (Lipinski definition) is 2.